The van der Waals surface area contributed by atoms with E-state index in [1.807, 2.05) is 97.2 Å². The first-order valence-corrected chi connectivity index (χ1v) is 11.4. The molecule has 0 aliphatic carbocycles. The fourth-order valence-electron chi connectivity index (χ4n) is 4.15. The Morgan fingerprint density at radius 1 is 0.333 bits per heavy atom. The third kappa shape index (κ3) is 4.19. The molecule has 0 radical (unpaired) electrons. The largest absolute Gasteiger partial charge is 0.301 e. The summed E-state index contributed by atoms with van der Waals surface area (Å²) in [5.41, 5.74) is 16.4. The van der Waals surface area contributed by atoms with Gasteiger partial charge in [0, 0.05) is 0 Å². The van der Waals surface area contributed by atoms with E-state index < -0.39 is 0 Å². The smallest absolute Gasteiger partial charge is 0.0900 e. The maximum atomic E-state index is 4.68. The topological polar surface area (TPSA) is 98.2 Å². The van der Waals surface area contributed by atoms with Gasteiger partial charge in [0.15, 0.2) is 0 Å². The van der Waals surface area contributed by atoms with Gasteiger partial charge < -0.3 is 10.9 Å². The van der Waals surface area contributed by atoms with E-state index >= 15 is 0 Å². The van der Waals surface area contributed by atoms with Gasteiger partial charge in [-0.1, -0.05) is 0 Å². The molecule has 0 unspecified atom stereocenters. The van der Waals surface area contributed by atoms with Crippen molar-refractivity contribution in [1.29, 1.82) is 0 Å². The van der Waals surface area contributed by atoms with Gasteiger partial charge in [-0.2, -0.15) is 10.2 Å². The van der Waals surface area contributed by atoms with E-state index in [0.29, 0.717) is 0 Å². The molecule has 7 aliphatic rings. The summed E-state index contributed by atoms with van der Waals surface area (Å²) in [6.07, 6.45) is 31.4. The Kier molecular flexibility index (Phi) is 4.60. The van der Waals surface area contributed by atoms with Crippen molar-refractivity contribution >= 4 is 22.8 Å². The summed E-state index contributed by atoms with van der Waals surface area (Å²) >= 11 is 0. The van der Waals surface area contributed by atoms with Crippen LogP contribution < -0.4 is 10.9 Å². The molecular formula is C28H18N8. The summed E-state index contributed by atoms with van der Waals surface area (Å²) in [6, 6.07) is 0. The summed E-state index contributed by atoms with van der Waals surface area (Å²) in [4.78, 5) is 18.7. The van der Waals surface area contributed by atoms with E-state index in [4.69, 9.17) is 0 Å². The summed E-state index contributed by atoms with van der Waals surface area (Å²) in [7, 11) is 0. The predicted molar refractivity (Wildman–Crippen MR) is 142 cm³/mol. The van der Waals surface area contributed by atoms with Crippen LogP contribution in [-0.2, 0) is 0 Å². The molecule has 0 aromatic rings. The van der Waals surface area contributed by atoms with Gasteiger partial charge in [-0.25, -0.2) is 20.0 Å². The second-order valence-corrected chi connectivity index (χ2v) is 8.54. The van der Waals surface area contributed by atoms with Crippen LogP contribution in [0.25, 0.3) is 0 Å². The van der Waals surface area contributed by atoms with E-state index in [1.54, 1.807) is 0 Å². The molecule has 8 heteroatoms. The van der Waals surface area contributed by atoms with Crippen molar-refractivity contribution in [2.75, 3.05) is 0 Å². The standard InChI is InChI=1S/C28H18N8/c1-5-21-11-25-15-26(34-33-25)13-23-7-3-19(31-23)10-20-4-8-24(32-20)14-28-16-27(35-36-28)12-22-6-2-18(30-22)9-17(1)29-21/h1-16,33-34H. The third-order valence-corrected chi connectivity index (χ3v) is 5.76. The molecule has 8 nitrogen and oxygen atoms in total. The lowest BCUT2D eigenvalue weighted by molar-refractivity contribution is 0.762. The molecule has 0 saturated carbocycles. The molecule has 7 heterocycles. The Hall–Kier alpha value is -5.24. The lowest BCUT2D eigenvalue weighted by Gasteiger charge is -2.00. The maximum absolute atomic E-state index is 4.68. The van der Waals surface area contributed by atoms with Crippen molar-refractivity contribution in [3.63, 3.8) is 0 Å². The lowest BCUT2D eigenvalue weighted by Crippen LogP contribution is -2.22. The highest BCUT2D eigenvalue weighted by Gasteiger charge is 2.13. The van der Waals surface area contributed by atoms with Crippen molar-refractivity contribution in [1.82, 2.24) is 10.9 Å². The monoisotopic (exact) mass is 466 g/mol. The maximum Gasteiger partial charge on any atom is 0.0900 e. The molecule has 7 aliphatic heterocycles. The zero-order chi connectivity index (χ0) is 23.9. The zero-order valence-electron chi connectivity index (χ0n) is 18.9. The van der Waals surface area contributed by atoms with Crippen LogP contribution in [0, 0.1) is 0 Å². The van der Waals surface area contributed by atoms with Crippen LogP contribution in [-0.4, -0.2) is 22.8 Å². The minimum atomic E-state index is 0.744. The molecule has 0 aromatic heterocycles. The van der Waals surface area contributed by atoms with E-state index in [1.165, 1.54) is 0 Å². The molecule has 0 spiro atoms. The zero-order valence-corrected chi connectivity index (χ0v) is 18.9. The number of hydrogen-bond donors (Lipinski definition) is 2. The van der Waals surface area contributed by atoms with Gasteiger partial charge in [0.25, 0.3) is 0 Å². The van der Waals surface area contributed by atoms with Crippen molar-refractivity contribution in [2.45, 2.75) is 0 Å². The first-order chi connectivity index (χ1) is 17.7. The second-order valence-electron chi connectivity index (χ2n) is 8.54. The molecule has 0 fully saturated rings. The van der Waals surface area contributed by atoms with Gasteiger partial charge in [-0.3, -0.25) is 0 Å². The molecular weight excluding hydrogens is 448 g/mol. The number of fused-ring (bicyclic) bond motifs is 6. The highest BCUT2D eigenvalue weighted by molar-refractivity contribution is 6.12. The molecule has 2 N–H and O–H groups in total. The molecule has 0 atom stereocenters. The Labute approximate surface area is 206 Å². The van der Waals surface area contributed by atoms with Crippen LogP contribution >= 0.6 is 0 Å². The van der Waals surface area contributed by atoms with E-state index in [-0.39, 0.29) is 0 Å². The summed E-state index contributed by atoms with van der Waals surface area (Å²) in [5, 5.41) is 8.53. The van der Waals surface area contributed by atoms with Gasteiger partial charge in [0.2, 0.25) is 0 Å². The van der Waals surface area contributed by atoms with Crippen molar-refractivity contribution in [3.05, 3.63) is 143 Å². The predicted octanol–water partition coefficient (Wildman–Crippen LogP) is 4.69. The fraction of sp³-hybridized carbons (Fsp3) is 0. The number of allylic oxidation sites excluding steroid dienone is 16. The number of hydrogen-bond acceptors (Lipinski definition) is 8. The summed E-state index contributed by atoms with van der Waals surface area (Å²) in [6.45, 7) is 0. The van der Waals surface area contributed by atoms with Crippen molar-refractivity contribution in [2.24, 2.45) is 30.2 Å². The highest BCUT2D eigenvalue weighted by atomic mass is 15.4. The Bertz CT molecular complexity index is 1640. The second kappa shape index (κ2) is 8.21. The van der Waals surface area contributed by atoms with E-state index in [0.717, 1.165) is 68.4 Å². The fourth-order valence-corrected chi connectivity index (χ4v) is 4.15. The molecule has 0 aromatic carbocycles. The SMILES string of the molecule is C1=CC2=NC1=CC1=NC(=CC3=CC(=CC4=NC(=CC5=NC(=CC6=CC(=C2)N=N6)C=C5)C=C4)NN3)C=C1. The minimum absolute atomic E-state index is 0.744. The summed E-state index contributed by atoms with van der Waals surface area (Å²) < 4.78 is 0. The molecule has 0 saturated heterocycles. The van der Waals surface area contributed by atoms with Gasteiger partial charge in [0.05, 0.1) is 68.4 Å². The Morgan fingerprint density at radius 2 is 0.722 bits per heavy atom. The molecule has 170 valence electrons. The lowest BCUT2D eigenvalue weighted by atomic mass is 10.2. The summed E-state index contributed by atoms with van der Waals surface area (Å²) in [5.74, 6) is 0. The van der Waals surface area contributed by atoms with Gasteiger partial charge in [0.1, 0.15) is 0 Å². The van der Waals surface area contributed by atoms with Crippen LogP contribution in [0.1, 0.15) is 0 Å². The highest BCUT2D eigenvalue weighted by Crippen LogP contribution is 2.23. The van der Waals surface area contributed by atoms with Crippen molar-refractivity contribution < 1.29 is 0 Å². The van der Waals surface area contributed by atoms with E-state index in [2.05, 4.69) is 41.0 Å². The number of rotatable bonds is 0. The normalized spacial score (nSPS) is 22.7. The van der Waals surface area contributed by atoms with Crippen LogP contribution in [0.15, 0.2) is 173 Å². The van der Waals surface area contributed by atoms with Gasteiger partial charge >= 0.3 is 0 Å². The van der Waals surface area contributed by atoms with Crippen LogP contribution in [0.5, 0.6) is 0 Å². The third-order valence-electron chi connectivity index (χ3n) is 5.76. The molecule has 36 heavy (non-hydrogen) atoms. The van der Waals surface area contributed by atoms with Crippen LogP contribution in [0.4, 0.5) is 0 Å². The average molecular weight is 467 g/mol. The quantitative estimate of drug-likeness (QED) is 0.542. The Balaban J connectivity index is 1.27. The number of nitrogens with zero attached hydrogens (tertiary/aromatic N) is 6. The number of azo groups is 1. The molecule has 7 rings (SSSR count). The van der Waals surface area contributed by atoms with Gasteiger partial charge in [-0.05, 0) is 97.2 Å². The van der Waals surface area contributed by atoms with Gasteiger partial charge in [-0.15, -0.1) is 0 Å². The first-order valence-electron chi connectivity index (χ1n) is 11.4. The van der Waals surface area contributed by atoms with Crippen molar-refractivity contribution in [3.8, 4) is 0 Å². The number of nitrogens with one attached hydrogen (secondary N) is 2. The number of hydrazine groups is 1. The van der Waals surface area contributed by atoms with Crippen LogP contribution in [0.2, 0.25) is 0 Å². The first kappa shape index (κ1) is 20.2. The molecule has 12 bridgehead atoms. The minimum Gasteiger partial charge on any atom is -0.301 e. The van der Waals surface area contributed by atoms with E-state index in [9.17, 15) is 0 Å². The van der Waals surface area contributed by atoms with Crippen LogP contribution in [0.3, 0.4) is 0 Å². The molecule has 0 amide bonds. The average Bonchev–Trinajstić information content (AvgIpc) is 3.68. The Morgan fingerprint density at radius 3 is 1.31 bits per heavy atom. The number of aliphatic imine (C=N–C) groups is 4.